The van der Waals surface area contributed by atoms with Gasteiger partial charge in [0, 0.05) is 38.4 Å². The molecule has 2 heterocycles. The fourth-order valence-electron chi connectivity index (χ4n) is 4.80. The quantitative estimate of drug-likeness (QED) is 0.481. The summed E-state index contributed by atoms with van der Waals surface area (Å²) in [4.78, 5) is 43.7. The third kappa shape index (κ3) is 7.65. The third-order valence-electron chi connectivity index (χ3n) is 7.52. The minimum absolute atomic E-state index is 0.138. The van der Waals surface area contributed by atoms with Gasteiger partial charge in [-0.1, -0.05) is 32.9 Å². The summed E-state index contributed by atoms with van der Waals surface area (Å²) in [5, 5.41) is 10.3. The van der Waals surface area contributed by atoms with Crippen molar-refractivity contribution in [3.05, 3.63) is 53.1 Å². The number of carbonyl (C=O) groups excluding carboxylic acids is 3. The minimum atomic E-state index is -0.705. The number of benzene rings is 1. The molecule has 2 aromatic rings. The molecule has 1 aromatic carbocycles. The summed E-state index contributed by atoms with van der Waals surface area (Å²) in [6.45, 7) is 10.8. The Bertz CT molecular complexity index is 1140. The van der Waals surface area contributed by atoms with Crippen LogP contribution in [-0.2, 0) is 23.1 Å². The molecule has 3 unspecified atom stereocenters. The molecule has 3 atom stereocenters. The summed E-state index contributed by atoms with van der Waals surface area (Å²) in [7, 11) is 3.50. The van der Waals surface area contributed by atoms with Gasteiger partial charge in [-0.25, -0.2) is 4.39 Å². The van der Waals surface area contributed by atoms with Crippen molar-refractivity contribution in [3.63, 3.8) is 0 Å². The van der Waals surface area contributed by atoms with E-state index in [1.165, 1.54) is 12.1 Å². The summed E-state index contributed by atoms with van der Waals surface area (Å²) in [6.07, 6.45) is 2.11. The zero-order valence-corrected chi connectivity index (χ0v) is 24.3. The first kappa shape index (κ1) is 30.3. The van der Waals surface area contributed by atoms with Gasteiger partial charge in [0.1, 0.15) is 11.9 Å². The maximum Gasteiger partial charge on any atom is 0.274 e. The van der Waals surface area contributed by atoms with Gasteiger partial charge in [0.15, 0.2) is 5.69 Å². The highest BCUT2D eigenvalue weighted by molar-refractivity contribution is 5.93. The van der Waals surface area contributed by atoms with Crippen LogP contribution >= 0.6 is 0 Å². The van der Waals surface area contributed by atoms with Gasteiger partial charge in [-0.05, 0) is 69.3 Å². The fourth-order valence-corrected chi connectivity index (χ4v) is 4.80. The predicted octanol–water partition coefficient (Wildman–Crippen LogP) is 2.68. The predicted molar refractivity (Wildman–Crippen MR) is 149 cm³/mol. The number of likely N-dealkylation sites (tertiary alicyclic amines) is 1. The number of nitrogens with one attached hydrogen (secondary N) is 2. The Morgan fingerprint density at radius 2 is 1.87 bits per heavy atom. The Balaban J connectivity index is 1.82. The van der Waals surface area contributed by atoms with E-state index < -0.39 is 17.5 Å². The lowest BCUT2D eigenvalue weighted by Gasteiger charge is -2.37. The summed E-state index contributed by atoms with van der Waals surface area (Å²) >= 11 is 0. The van der Waals surface area contributed by atoms with Crippen LogP contribution in [0.15, 0.2) is 30.3 Å². The third-order valence-corrected chi connectivity index (χ3v) is 7.52. The van der Waals surface area contributed by atoms with Gasteiger partial charge in [-0.3, -0.25) is 19.1 Å². The molecular formula is C29H43FN6O3. The highest BCUT2D eigenvalue weighted by Crippen LogP contribution is 2.27. The SMILES string of the molecule is CNC(C)C(=O)NC(C(=O)N1CCCC1CN(CCc1ccc(F)cc1)C(=O)c1cc(C)n(C)n1)C(C)(C)C. The van der Waals surface area contributed by atoms with Crippen molar-refractivity contribution >= 4 is 17.7 Å². The topological polar surface area (TPSA) is 99.6 Å². The molecule has 0 radical (unpaired) electrons. The van der Waals surface area contributed by atoms with E-state index in [1.807, 2.05) is 32.6 Å². The molecule has 3 rings (SSSR count). The zero-order chi connectivity index (χ0) is 28.9. The molecule has 1 aromatic heterocycles. The maximum absolute atomic E-state index is 13.9. The highest BCUT2D eigenvalue weighted by atomic mass is 19.1. The smallest absolute Gasteiger partial charge is 0.274 e. The first-order chi connectivity index (χ1) is 18.3. The first-order valence-electron chi connectivity index (χ1n) is 13.6. The number of hydrogen-bond donors (Lipinski definition) is 2. The van der Waals surface area contributed by atoms with Crippen molar-refractivity contribution in [2.45, 2.75) is 72.0 Å². The summed E-state index contributed by atoms with van der Waals surface area (Å²) in [6, 6.07) is 6.70. The van der Waals surface area contributed by atoms with Crippen LogP contribution < -0.4 is 10.6 Å². The number of aromatic nitrogens is 2. The molecular weight excluding hydrogens is 499 g/mol. The zero-order valence-electron chi connectivity index (χ0n) is 24.3. The molecule has 10 heteroatoms. The van der Waals surface area contributed by atoms with Gasteiger partial charge < -0.3 is 20.4 Å². The van der Waals surface area contributed by atoms with E-state index in [-0.39, 0.29) is 29.6 Å². The van der Waals surface area contributed by atoms with Crippen molar-refractivity contribution < 1.29 is 18.8 Å². The monoisotopic (exact) mass is 542 g/mol. The van der Waals surface area contributed by atoms with Gasteiger partial charge in [0.05, 0.1) is 6.04 Å². The molecule has 214 valence electrons. The minimum Gasteiger partial charge on any atom is -0.342 e. The number of likely N-dealkylation sites (N-methyl/N-ethyl adjacent to an activating group) is 1. The van der Waals surface area contributed by atoms with Gasteiger partial charge in [0.2, 0.25) is 11.8 Å². The van der Waals surface area contributed by atoms with Crippen molar-refractivity contribution in [2.75, 3.05) is 26.7 Å². The summed E-state index contributed by atoms with van der Waals surface area (Å²) in [5.41, 5.74) is 1.64. The van der Waals surface area contributed by atoms with Crippen LogP contribution in [0.1, 0.15) is 62.3 Å². The molecule has 39 heavy (non-hydrogen) atoms. The van der Waals surface area contributed by atoms with E-state index in [0.29, 0.717) is 31.7 Å². The highest BCUT2D eigenvalue weighted by Gasteiger charge is 2.41. The largest absolute Gasteiger partial charge is 0.342 e. The van der Waals surface area contributed by atoms with Crippen LogP contribution in [0.3, 0.4) is 0 Å². The van der Waals surface area contributed by atoms with Crippen molar-refractivity contribution in [3.8, 4) is 0 Å². The fraction of sp³-hybridized carbons (Fsp3) is 0.586. The molecule has 0 bridgehead atoms. The maximum atomic E-state index is 13.9. The molecule has 2 N–H and O–H groups in total. The van der Waals surface area contributed by atoms with E-state index in [0.717, 1.165) is 24.1 Å². The van der Waals surface area contributed by atoms with E-state index >= 15 is 0 Å². The number of amides is 3. The number of aryl methyl sites for hydroxylation is 2. The van der Waals surface area contributed by atoms with Crippen LogP contribution in [0, 0.1) is 18.2 Å². The molecule has 1 saturated heterocycles. The molecule has 1 fully saturated rings. The van der Waals surface area contributed by atoms with Gasteiger partial charge in [-0.15, -0.1) is 0 Å². The lowest BCUT2D eigenvalue weighted by atomic mass is 9.85. The molecule has 9 nitrogen and oxygen atoms in total. The molecule has 0 spiro atoms. The van der Waals surface area contributed by atoms with Crippen LogP contribution in [-0.4, -0.2) is 82.1 Å². The standard InChI is InChI=1S/C29H43FN6O3/c1-19-17-24(33-34(19)7)27(38)35(16-14-21-10-12-22(30)13-11-21)18-23-9-8-15-36(23)28(39)25(29(3,4)5)32-26(37)20(2)31-6/h10-13,17,20,23,25,31H,8-9,14-16,18H2,1-7H3,(H,32,37). The average molecular weight is 543 g/mol. The Morgan fingerprint density at radius 3 is 2.44 bits per heavy atom. The second-order valence-electron chi connectivity index (χ2n) is 11.6. The lowest BCUT2D eigenvalue weighted by Crippen LogP contribution is -2.59. The number of hydrogen-bond acceptors (Lipinski definition) is 5. The Morgan fingerprint density at radius 1 is 1.21 bits per heavy atom. The van der Waals surface area contributed by atoms with E-state index in [1.54, 1.807) is 48.8 Å². The van der Waals surface area contributed by atoms with E-state index in [9.17, 15) is 18.8 Å². The van der Waals surface area contributed by atoms with Crippen LogP contribution in [0.5, 0.6) is 0 Å². The van der Waals surface area contributed by atoms with Crippen molar-refractivity contribution in [1.82, 2.24) is 30.2 Å². The van der Waals surface area contributed by atoms with Crippen LogP contribution in [0.4, 0.5) is 4.39 Å². The average Bonchev–Trinajstić information content (AvgIpc) is 3.49. The number of carbonyl (C=O) groups is 3. The van der Waals surface area contributed by atoms with Crippen LogP contribution in [0.2, 0.25) is 0 Å². The Hall–Kier alpha value is -3.27. The number of rotatable bonds is 10. The second-order valence-corrected chi connectivity index (χ2v) is 11.6. The second kappa shape index (κ2) is 12.7. The van der Waals surface area contributed by atoms with E-state index in [4.69, 9.17) is 0 Å². The van der Waals surface area contributed by atoms with Gasteiger partial charge in [-0.2, -0.15) is 5.10 Å². The van der Waals surface area contributed by atoms with E-state index in [2.05, 4.69) is 15.7 Å². The Kier molecular flexibility index (Phi) is 9.88. The van der Waals surface area contributed by atoms with Gasteiger partial charge >= 0.3 is 0 Å². The summed E-state index contributed by atoms with van der Waals surface area (Å²) < 4.78 is 15.1. The molecule has 3 amide bonds. The van der Waals surface area contributed by atoms with Crippen LogP contribution in [0.25, 0.3) is 0 Å². The Labute approximate surface area is 231 Å². The number of nitrogens with zero attached hydrogens (tertiary/aromatic N) is 4. The van der Waals surface area contributed by atoms with Gasteiger partial charge in [0.25, 0.3) is 5.91 Å². The molecule has 1 aliphatic heterocycles. The lowest BCUT2D eigenvalue weighted by molar-refractivity contribution is -0.140. The first-order valence-corrected chi connectivity index (χ1v) is 13.6. The number of halogens is 1. The van der Waals surface area contributed by atoms with Crippen molar-refractivity contribution in [1.29, 1.82) is 0 Å². The van der Waals surface area contributed by atoms with Crippen molar-refractivity contribution in [2.24, 2.45) is 12.5 Å². The molecule has 1 aliphatic rings. The molecule has 0 aliphatic carbocycles. The molecule has 0 saturated carbocycles. The summed E-state index contributed by atoms with van der Waals surface area (Å²) in [5.74, 6) is -0.881. The normalized spacial score (nSPS) is 17.1.